The molecule has 112 valence electrons. The molecule has 1 atom stereocenters. The van der Waals surface area contributed by atoms with E-state index < -0.39 is 6.10 Å². The maximum absolute atomic E-state index is 10.6. The van der Waals surface area contributed by atoms with E-state index in [9.17, 15) is 5.11 Å². The third-order valence-corrected chi connectivity index (χ3v) is 2.75. The van der Waals surface area contributed by atoms with Gasteiger partial charge in [0.05, 0.1) is 18.5 Å². The van der Waals surface area contributed by atoms with E-state index in [-0.39, 0.29) is 0 Å². The van der Waals surface area contributed by atoms with Gasteiger partial charge in [0.1, 0.15) is 6.10 Å². The van der Waals surface area contributed by atoms with Crippen molar-refractivity contribution in [2.75, 3.05) is 19.1 Å². The minimum Gasteiger partial charge on any atom is -0.384 e. The molecule has 1 aromatic carbocycles. The van der Waals surface area contributed by atoms with Crippen LogP contribution in [0.25, 0.3) is 0 Å². The van der Waals surface area contributed by atoms with Gasteiger partial charge in [0.2, 0.25) is 0 Å². The van der Waals surface area contributed by atoms with Gasteiger partial charge < -0.3 is 15.3 Å². The Hall–Kier alpha value is -2.24. The van der Waals surface area contributed by atoms with E-state index in [4.69, 9.17) is 10.1 Å². The number of para-hydroxylation sites is 1. The lowest BCUT2D eigenvalue weighted by atomic mass is 10.00. The third kappa shape index (κ3) is 5.33. The second-order valence-electron chi connectivity index (χ2n) is 4.25. The summed E-state index contributed by atoms with van der Waals surface area (Å²) < 4.78 is 5.14. The zero-order chi connectivity index (χ0) is 15.5. The van der Waals surface area contributed by atoms with Crippen molar-refractivity contribution in [1.82, 2.24) is 0 Å². The summed E-state index contributed by atoms with van der Waals surface area (Å²) in [5.74, 6) is 0. The first kappa shape index (κ1) is 16.8. The number of aliphatic hydroxyl groups is 1. The molecule has 0 saturated carbocycles. The Morgan fingerprint density at radius 3 is 2.90 bits per heavy atom. The van der Waals surface area contributed by atoms with Crippen molar-refractivity contribution in [2.24, 2.45) is 5.10 Å². The van der Waals surface area contributed by atoms with E-state index >= 15 is 0 Å². The molecule has 0 bridgehead atoms. The van der Waals surface area contributed by atoms with Crippen LogP contribution in [0.4, 0.5) is 5.69 Å². The fourth-order valence-corrected chi connectivity index (χ4v) is 1.79. The summed E-state index contributed by atoms with van der Waals surface area (Å²) in [7, 11) is 1.59. The number of hydrogen-bond donors (Lipinski definition) is 3. The highest BCUT2D eigenvalue weighted by Crippen LogP contribution is 2.28. The molecule has 0 aromatic heterocycles. The van der Waals surface area contributed by atoms with Gasteiger partial charge in [-0.3, -0.25) is 5.43 Å². The largest absolute Gasteiger partial charge is 0.384 e. The average Bonchev–Trinajstić information content (AvgIpc) is 2.51. The van der Waals surface area contributed by atoms with Crippen LogP contribution >= 0.6 is 0 Å². The van der Waals surface area contributed by atoms with E-state index in [1.165, 1.54) is 6.21 Å². The van der Waals surface area contributed by atoms with Gasteiger partial charge in [0, 0.05) is 18.9 Å². The molecule has 0 saturated heterocycles. The number of nitrogens with one attached hydrogen (secondary N) is 2. The summed E-state index contributed by atoms with van der Waals surface area (Å²) in [6.45, 7) is 2.25. The maximum Gasteiger partial charge on any atom is 0.105 e. The summed E-state index contributed by atoms with van der Waals surface area (Å²) in [6, 6.07) is 7.35. The van der Waals surface area contributed by atoms with E-state index in [0.29, 0.717) is 17.9 Å². The fraction of sp³-hybridized carbons (Fsp3) is 0.250. The van der Waals surface area contributed by atoms with E-state index in [0.717, 1.165) is 11.8 Å². The van der Waals surface area contributed by atoms with E-state index in [1.54, 1.807) is 7.11 Å². The molecule has 1 unspecified atom stereocenters. The summed E-state index contributed by atoms with van der Waals surface area (Å²) in [4.78, 5) is 0. The molecule has 21 heavy (non-hydrogen) atoms. The fourth-order valence-electron chi connectivity index (χ4n) is 1.79. The van der Waals surface area contributed by atoms with Crippen LogP contribution < -0.4 is 5.43 Å². The van der Waals surface area contributed by atoms with Crippen molar-refractivity contribution < 1.29 is 9.84 Å². The summed E-state index contributed by atoms with van der Waals surface area (Å²) >= 11 is 0. The van der Waals surface area contributed by atoms with Gasteiger partial charge >= 0.3 is 0 Å². The molecule has 5 heteroatoms. The Labute approximate surface area is 125 Å². The Morgan fingerprint density at radius 1 is 1.48 bits per heavy atom. The number of anilines is 1. The van der Waals surface area contributed by atoms with Crippen LogP contribution in [0.3, 0.4) is 0 Å². The number of hydrazone groups is 1. The van der Waals surface area contributed by atoms with Crippen LogP contribution in [-0.2, 0) is 4.74 Å². The molecule has 0 radical (unpaired) electrons. The summed E-state index contributed by atoms with van der Waals surface area (Å²) in [5.41, 5.74) is 4.96. The molecule has 0 fully saturated rings. The number of rotatable bonds is 8. The molecule has 0 amide bonds. The molecule has 1 rings (SSSR count). The second kappa shape index (κ2) is 9.63. The van der Waals surface area contributed by atoms with Gasteiger partial charge in [0.25, 0.3) is 0 Å². The average molecular weight is 287 g/mol. The van der Waals surface area contributed by atoms with Gasteiger partial charge in [-0.25, -0.2) is 0 Å². The number of methoxy groups -OCH3 is 1. The van der Waals surface area contributed by atoms with Crippen molar-refractivity contribution in [2.45, 2.75) is 13.0 Å². The van der Waals surface area contributed by atoms with Crippen molar-refractivity contribution in [1.29, 1.82) is 5.41 Å². The van der Waals surface area contributed by atoms with Crippen LogP contribution in [0.1, 0.15) is 18.6 Å². The number of benzene rings is 1. The lowest BCUT2D eigenvalue weighted by Crippen LogP contribution is -2.09. The predicted octanol–water partition coefficient (Wildman–Crippen LogP) is 2.92. The lowest BCUT2D eigenvalue weighted by Gasteiger charge is -2.17. The van der Waals surface area contributed by atoms with Crippen LogP contribution in [0.2, 0.25) is 0 Å². The monoisotopic (exact) mass is 287 g/mol. The Morgan fingerprint density at radius 2 is 2.24 bits per heavy atom. The SMILES string of the molecule is C/C=C\C=C(/COC)C(O)c1ccccc1N/N=C\C=N. The predicted molar refractivity (Wildman–Crippen MR) is 87.1 cm³/mol. The molecule has 3 N–H and O–H groups in total. The van der Waals surface area contributed by atoms with Crippen LogP contribution in [0.5, 0.6) is 0 Å². The van der Waals surface area contributed by atoms with Gasteiger partial charge in [-0.2, -0.15) is 5.10 Å². The van der Waals surface area contributed by atoms with Crippen LogP contribution in [0.15, 0.2) is 53.2 Å². The maximum atomic E-state index is 10.6. The Kier molecular flexibility index (Phi) is 7.71. The molecular weight excluding hydrogens is 266 g/mol. The molecule has 0 aliphatic rings. The van der Waals surface area contributed by atoms with Crippen molar-refractivity contribution in [3.63, 3.8) is 0 Å². The smallest absolute Gasteiger partial charge is 0.105 e. The lowest BCUT2D eigenvalue weighted by molar-refractivity contribution is 0.165. The number of ether oxygens (including phenoxy) is 1. The van der Waals surface area contributed by atoms with E-state index in [1.807, 2.05) is 49.4 Å². The quantitative estimate of drug-likeness (QED) is 0.391. The number of nitrogens with zero attached hydrogens (tertiary/aromatic N) is 1. The van der Waals surface area contributed by atoms with Crippen LogP contribution in [0, 0.1) is 5.41 Å². The van der Waals surface area contributed by atoms with Crippen molar-refractivity contribution >= 4 is 18.1 Å². The number of hydrogen-bond acceptors (Lipinski definition) is 5. The first-order chi connectivity index (χ1) is 10.2. The van der Waals surface area contributed by atoms with Crippen molar-refractivity contribution in [3.8, 4) is 0 Å². The van der Waals surface area contributed by atoms with E-state index in [2.05, 4.69) is 10.5 Å². The molecule has 0 aliphatic heterocycles. The van der Waals surface area contributed by atoms with Gasteiger partial charge in [-0.15, -0.1) is 0 Å². The molecule has 1 aromatic rings. The summed E-state index contributed by atoms with van der Waals surface area (Å²) in [5, 5.41) is 21.3. The minimum atomic E-state index is -0.792. The zero-order valence-corrected chi connectivity index (χ0v) is 12.3. The second-order valence-corrected chi connectivity index (χ2v) is 4.25. The molecular formula is C16H21N3O2. The summed E-state index contributed by atoms with van der Waals surface area (Å²) in [6.07, 6.45) is 7.21. The molecule has 0 heterocycles. The van der Waals surface area contributed by atoms with Gasteiger partial charge in [-0.05, 0) is 18.6 Å². The minimum absolute atomic E-state index is 0.337. The van der Waals surface area contributed by atoms with Gasteiger partial charge in [0.15, 0.2) is 0 Å². The highest BCUT2D eigenvalue weighted by atomic mass is 16.5. The highest BCUT2D eigenvalue weighted by Gasteiger charge is 2.16. The van der Waals surface area contributed by atoms with Crippen molar-refractivity contribution in [3.05, 3.63) is 53.6 Å². The highest BCUT2D eigenvalue weighted by molar-refractivity contribution is 6.14. The Balaban J connectivity index is 3.06. The molecule has 5 nitrogen and oxygen atoms in total. The first-order valence-corrected chi connectivity index (χ1v) is 6.60. The molecule has 0 spiro atoms. The van der Waals surface area contributed by atoms with Crippen LogP contribution in [-0.4, -0.2) is 31.3 Å². The molecule has 0 aliphatic carbocycles. The topological polar surface area (TPSA) is 77.7 Å². The Bertz CT molecular complexity index is 536. The number of aliphatic hydroxyl groups excluding tert-OH is 1. The number of allylic oxidation sites excluding steroid dienone is 3. The standard InChI is InChI=1S/C16H21N3O2/c1-3-4-7-13(12-21-2)16(20)14-8-5-6-9-15(14)19-18-11-10-17/h3-11,16-17,19-20H,12H2,1-2H3/b4-3-,13-7+,17-10?,18-11-. The third-order valence-electron chi connectivity index (χ3n) is 2.75. The normalized spacial score (nSPS) is 13.8. The van der Waals surface area contributed by atoms with Gasteiger partial charge in [-0.1, -0.05) is 36.4 Å². The zero-order valence-electron chi connectivity index (χ0n) is 12.3. The first-order valence-electron chi connectivity index (χ1n) is 6.60.